The van der Waals surface area contributed by atoms with Crippen molar-refractivity contribution in [3.05, 3.63) is 46.6 Å². The Labute approximate surface area is 139 Å². The number of aromatic nitrogens is 2. The lowest BCUT2D eigenvalue weighted by Crippen LogP contribution is -2.36. The number of hydrogen-bond acceptors (Lipinski definition) is 4. The lowest BCUT2D eigenvalue weighted by molar-refractivity contribution is -0.173. The molecule has 1 aromatic carbocycles. The number of halogens is 4. The number of nitrogen functional groups attached to an aromatic ring is 1. The van der Waals surface area contributed by atoms with Crippen molar-refractivity contribution in [1.29, 1.82) is 0 Å². The number of anilines is 1. The second kappa shape index (κ2) is 5.99. The van der Waals surface area contributed by atoms with Crippen LogP contribution < -0.4 is 16.6 Å². The summed E-state index contributed by atoms with van der Waals surface area (Å²) in [5.41, 5.74) is 2.32. The van der Waals surface area contributed by atoms with Gasteiger partial charge in [0, 0.05) is 17.5 Å². The van der Waals surface area contributed by atoms with Gasteiger partial charge in [-0.3, -0.25) is 10.2 Å². The van der Waals surface area contributed by atoms with Crippen molar-refractivity contribution in [3.8, 4) is 0 Å². The van der Waals surface area contributed by atoms with Crippen molar-refractivity contribution < 1.29 is 18.0 Å². The van der Waals surface area contributed by atoms with E-state index in [0.29, 0.717) is 10.6 Å². The molecule has 2 aromatic rings. The third kappa shape index (κ3) is 3.04. The van der Waals surface area contributed by atoms with Crippen molar-refractivity contribution in [2.45, 2.75) is 24.7 Å². The summed E-state index contributed by atoms with van der Waals surface area (Å²) in [5.74, 6) is 4.35. The highest BCUT2D eigenvalue weighted by atomic mass is 35.5. The second-order valence-electron chi connectivity index (χ2n) is 5.37. The first-order valence-electron chi connectivity index (χ1n) is 6.99. The van der Waals surface area contributed by atoms with E-state index >= 15 is 0 Å². The molecule has 10 heteroatoms. The maximum atomic E-state index is 13.4. The molecule has 0 radical (unpaired) electrons. The lowest BCUT2D eigenvalue weighted by Gasteiger charge is -2.33. The maximum absolute atomic E-state index is 13.4. The normalized spacial score (nSPS) is 20.2. The molecule has 0 saturated carbocycles. The van der Waals surface area contributed by atoms with Crippen LogP contribution in [0.3, 0.4) is 0 Å². The van der Waals surface area contributed by atoms with E-state index in [1.807, 2.05) is 5.43 Å². The van der Waals surface area contributed by atoms with Gasteiger partial charge in [-0.15, -0.1) is 0 Å². The van der Waals surface area contributed by atoms with Crippen LogP contribution >= 0.6 is 11.6 Å². The van der Waals surface area contributed by atoms with Gasteiger partial charge in [0.15, 0.2) is 11.7 Å². The summed E-state index contributed by atoms with van der Waals surface area (Å²) in [6, 6.07) is 5.34. The zero-order valence-electron chi connectivity index (χ0n) is 12.1. The van der Waals surface area contributed by atoms with Gasteiger partial charge in [0.05, 0.1) is 6.04 Å². The summed E-state index contributed by atoms with van der Waals surface area (Å²) in [6.07, 6.45) is -4.77. The maximum Gasteiger partial charge on any atom is 0.410 e. The number of amides is 1. The highest BCUT2D eigenvalue weighted by Crippen LogP contribution is 2.43. The van der Waals surface area contributed by atoms with E-state index in [2.05, 4.69) is 10.4 Å². The fraction of sp³-hybridized carbons (Fsp3) is 0.286. The summed E-state index contributed by atoms with van der Waals surface area (Å²) in [7, 11) is 0. The standard InChI is InChI=1S/C14H13ClF3N5O/c15-8-3-1-7(2-4-8)9-5-11(14(16,17)18)23-12(20-9)6-10(22-23)13(24)21-19/h1-4,6,9,11,20H,5,19H2,(H,21,24)/t9-,11+/m0/s1. The van der Waals surface area contributed by atoms with Crippen LogP contribution in [0.4, 0.5) is 19.0 Å². The zero-order valence-corrected chi connectivity index (χ0v) is 12.9. The number of rotatable bonds is 2. The van der Waals surface area contributed by atoms with E-state index in [1.54, 1.807) is 24.3 Å². The van der Waals surface area contributed by atoms with Gasteiger partial charge in [0.1, 0.15) is 5.82 Å². The molecule has 128 valence electrons. The molecular weight excluding hydrogens is 347 g/mol. The molecule has 6 nitrogen and oxygen atoms in total. The minimum Gasteiger partial charge on any atom is -0.363 e. The Morgan fingerprint density at radius 2 is 2.04 bits per heavy atom. The van der Waals surface area contributed by atoms with Gasteiger partial charge in [0.2, 0.25) is 0 Å². The van der Waals surface area contributed by atoms with Crippen LogP contribution in [-0.4, -0.2) is 21.9 Å². The third-order valence-corrected chi connectivity index (χ3v) is 4.08. The van der Waals surface area contributed by atoms with Gasteiger partial charge in [-0.05, 0) is 17.7 Å². The summed E-state index contributed by atoms with van der Waals surface area (Å²) >= 11 is 5.82. The SMILES string of the molecule is NNC(=O)c1cc2n(n1)[C@@H](C(F)(F)F)C[C@@H](c1ccc(Cl)cc1)N2. The van der Waals surface area contributed by atoms with Crippen molar-refractivity contribution in [2.75, 3.05) is 5.32 Å². The second-order valence-corrected chi connectivity index (χ2v) is 5.81. The minimum absolute atomic E-state index is 0.0992. The van der Waals surface area contributed by atoms with Crippen molar-refractivity contribution in [2.24, 2.45) is 5.84 Å². The van der Waals surface area contributed by atoms with E-state index in [4.69, 9.17) is 17.4 Å². The molecule has 0 aliphatic carbocycles. The first-order valence-corrected chi connectivity index (χ1v) is 7.36. The number of alkyl halides is 3. The molecule has 1 aliphatic rings. The summed E-state index contributed by atoms with van der Waals surface area (Å²) in [6.45, 7) is 0. The quantitative estimate of drug-likeness (QED) is 0.437. The molecule has 1 amide bonds. The van der Waals surface area contributed by atoms with Gasteiger partial charge in [-0.2, -0.15) is 18.3 Å². The minimum atomic E-state index is -4.51. The summed E-state index contributed by atoms with van der Waals surface area (Å²) < 4.78 is 41.1. The number of hydrogen-bond donors (Lipinski definition) is 3. The number of carbonyl (C=O) groups excluding carboxylic acids is 1. The number of hydrazine groups is 1. The predicted octanol–water partition coefficient (Wildman–Crippen LogP) is 2.80. The molecule has 2 atom stereocenters. The van der Waals surface area contributed by atoms with Gasteiger partial charge >= 0.3 is 6.18 Å². The fourth-order valence-electron chi connectivity index (χ4n) is 2.67. The molecular formula is C14H13ClF3N5O. The number of benzene rings is 1. The third-order valence-electron chi connectivity index (χ3n) is 3.83. The largest absolute Gasteiger partial charge is 0.410 e. The summed E-state index contributed by atoms with van der Waals surface area (Å²) in [4.78, 5) is 11.5. The molecule has 0 fully saturated rings. The number of nitrogens with zero attached hydrogens (tertiary/aromatic N) is 2. The molecule has 24 heavy (non-hydrogen) atoms. The molecule has 4 N–H and O–H groups in total. The first-order chi connectivity index (χ1) is 11.3. The number of nitrogens with two attached hydrogens (primary N) is 1. The molecule has 0 bridgehead atoms. The van der Waals surface area contributed by atoms with Crippen molar-refractivity contribution >= 4 is 23.3 Å². The smallest absolute Gasteiger partial charge is 0.363 e. The highest BCUT2D eigenvalue weighted by Gasteiger charge is 2.46. The molecule has 0 saturated heterocycles. The molecule has 1 aliphatic heterocycles. The van der Waals surface area contributed by atoms with Crippen molar-refractivity contribution in [3.63, 3.8) is 0 Å². The van der Waals surface area contributed by atoms with Gasteiger partial charge in [-0.25, -0.2) is 10.5 Å². The monoisotopic (exact) mass is 359 g/mol. The molecule has 0 unspecified atom stereocenters. The summed E-state index contributed by atoms with van der Waals surface area (Å²) in [5, 5.41) is 7.20. The van der Waals surface area contributed by atoms with Crippen LogP contribution in [0.25, 0.3) is 0 Å². The molecule has 3 rings (SSSR count). The fourth-order valence-corrected chi connectivity index (χ4v) is 2.80. The Morgan fingerprint density at radius 3 is 2.62 bits per heavy atom. The van der Waals surface area contributed by atoms with Crippen molar-refractivity contribution in [1.82, 2.24) is 15.2 Å². The van der Waals surface area contributed by atoms with Crippen LogP contribution in [0.1, 0.15) is 34.6 Å². The lowest BCUT2D eigenvalue weighted by atomic mass is 9.97. The molecule has 0 spiro atoms. The Balaban J connectivity index is 2.00. The topological polar surface area (TPSA) is 85.0 Å². The van der Waals surface area contributed by atoms with Crippen LogP contribution in [-0.2, 0) is 0 Å². The highest BCUT2D eigenvalue weighted by molar-refractivity contribution is 6.30. The van der Waals surface area contributed by atoms with Gasteiger partial charge in [0.25, 0.3) is 5.91 Å². The van der Waals surface area contributed by atoms with E-state index in [1.165, 1.54) is 6.07 Å². The van der Waals surface area contributed by atoms with E-state index < -0.39 is 24.2 Å². The number of nitrogens with one attached hydrogen (secondary N) is 2. The number of carbonyl (C=O) groups is 1. The van der Waals surface area contributed by atoms with E-state index in [0.717, 1.165) is 4.68 Å². The average molecular weight is 360 g/mol. The van der Waals surface area contributed by atoms with Gasteiger partial charge < -0.3 is 5.32 Å². The van der Waals surface area contributed by atoms with Gasteiger partial charge in [-0.1, -0.05) is 23.7 Å². The number of fused-ring (bicyclic) bond motifs is 1. The Morgan fingerprint density at radius 1 is 1.38 bits per heavy atom. The van der Waals surface area contributed by atoms with E-state index in [9.17, 15) is 18.0 Å². The molecule has 2 heterocycles. The van der Waals surface area contributed by atoms with Crippen LogP contribution in [0, 0.1) is 0 Å². The Bertz CT molecular complexity index is 759. The molecule has 1 aromatic heterocycles. The van der Waals surface area contributed by atoms with Crippen LogP contribution in [0.2, 0.25) is 5.02 Å². The average Bonchev–Trinajstić information content (AvgIpc) is 2.96. The Kier molecular flexibility index (Phi) is 4.14. The predicted molar refractivity (Wildman–Crippen MR) is 81.4 cm³/mol. The van der Waals surface area contributed by atoms with Crippen LogP contribution in [0.15, 0.2) is 30.3 Å². The first kappa shape index (κ1) is 16.6. The van der Waals surface area contributed by atoms with Crippen LogP contribution in [0.5, 0.6) is 0 Å². The Hall–Kier alpha value is -2.26. The van der Waals surface area contributed by atoms with E-state index in [-0.39, 0.29) is 17.9 Å². The zero-order chi connectivity index (χ0) is 17.5.